The van der Waals surface area contributed by atoms with Crippen LogP contribution in [0.15, 0.2) is 18.6 Å². The lowest BCUT2D eigenvalue weighted by molar-refractivity contribution is -0.137. The number of nitrogens with zero attached hydrogens (tertiary/aromatic N) is 5. The molecule has 1 amide bonds. The number of carbonyl (C=O) groups excluding carboxylic acids is 1. The average molecular weight is 340 g/mol. The van der Waals surface area contributed by atoms with Gasteiger partial charge in [-0.25, -0.2) is 9.97 Å². The molecular formula is C18H24N6O. The third-order valence-corrected chi connectivity index (χ3v) is 5.44. The molecule has 4 rings (SSSR count). The van der Waals surface area contributed by atoms with Gasteiger partial charge in [0.1, 0.15) is 11.5 Å². The minimum Gasteiger partial charge on any atom is -0.342 e. The maximum absolute atomic E-state index is 12.7. The molecule has 7 heteroatoms. The van der Waals surface area contributed by atoms with E-state index < -0.39 is 0 Å². The van der Waals surface area contributed by atoms with Crippen molar-refractivity contribution in [1.29, 1.82) is 0 Å². The van der Waals surface area contributed by atoms with Crippen molar-refractivity contribution < 1.29 is 4.79 Å². The first-order chi connectivity index (χ1) is 12.3. The molecule has 132 valence electrons. The minimum atomic E-state index is 0.263. The number of hydrogen-bond acceptors (Lipinski definition) is 5. The highest BCUT2D eigenvalue weighted by Gasteiger charge is 2.30. The highest BCUT2D eigenvalue weighted by molar-refractivity contribution is 5.79. The van der Waals surface area contributed by atoms with Crippen molar-refractivity contribution in [2.24, 2.45) is 5.92 Å². The summed E-state index contributed by atoms with van der Waals surface area (Å²) in [6.07, 6.45) is 12.7. The molecule has 2 aromatic heterocycles. The molecule has 1 aliphatic heterocycles. The summed E-state index contributed by atoms with van der Waals surface area (Å²) in [5, 5.41) is 7.32. The van der Waals surface area contributed by atoms with Crippen molar-refractivity contribution in [2.45, 2.75) is 50.9 Å². The molecule has 3 heterocycles. The molecule has 1 saturated carbocycles. The molecular weight excluding hydrogens is 316 g/mol. The number of carbonyl (C=O) groups is 1. The molecule has 0 spiro atoms. The van der Waals surface area contributed by atoms with E-state index in [1.165, 1.54) is 19.3 Å². The highest BCUT2D eigenvalue weighted by atomic mass is 16.2. The zero-order chi connectivity index (χ0) is 17.1. The fourth-order valence-corrected chi connectivity index (χ4v) is 3.97. The van der Waals surface area contributed by atoms with E-state index in [-0.39, 0.29) is 5.92 Å². The van der Waals surface area contributed by atoms with Crippen LogP contribution in [-0.4, -0.2) is 49.0 Å². The van der Waals surface area contributed by atoms with Gasteiger partial charge in [-0.05, 0) is 25.7 Å². The van der Waals surface area contributed by atoms with Gasteiger partial charge in [-0.1, -0.05) is 19.3 Å². The van der Waals surface area contributed by atoms with E-state index in [2.05, 4.69) is 30.0 Å². The van der Waals surface area contributed by atoms with Crippen LogP contribution >= 0.6 is 0 Å². The van der Waals surface area contributed by atoms with E-state index in [1.807, 2.05) is 0 Å². The second kappa shape index (κ2) is 7.29. The zero-order valence-corrected chi connectivity index (χ0v) is 14.4. The lowest BCUT2D eigenvalue weighted by Crippen LogP contribution is -2.42. The van der Waals surface area contributed by atoms with Crippen LogP contribution < -0.4 is 0 Å². The van der Waals surface area contributed by atoms with Gasteiger partial charge in [0.25, 0.3) is 0 Å². The Hall–Kier alpha value is -2.31. The number of rotatable bonds is 3. The SMILES string of the molecule is O=C(C1CCCCC1)N1CCC(c2nc(-c3cnccn3)n[nH]2)CC1. The Morgan fingerprint density at radius 1 is 1.08 bits per heavy atom. The predicted molar refractivity (Wildman–Crippen MR) is 92.5 cm³/mol. The van der Waals surface area contributed by atoms with E-state index >= 15 is 0 Å². The Balaban J connectivity index is 1.36. The monoisotopic (exact) mass is 340 g/mol. The number of hydrogen-bond donors (Lipinski definition) is 1. The second-order valence-corrected chi connectivity index (χ2v) is 7.07. The van der Waals surface area contributed by atoms with Crippen LogP contribution in [0.25, 0.3) is 11.5 Å². The molecule has 2 fully saturated rings. The van der Waals surface area contributed by atoms with Gasteiger partial charge >= 0.3 is 0 Å². The Bertz CT molecular complexity index is 701. The lowest BCUT2D eigenvalue weighted by Gasteiger charge is -2.34. The number of amides is 1. The number of H-pyrrole nitrogens is 1. The van der Waals surface area contributed by atoms with Gasteiger partial charge in [0.15, 0.2) is 0 Å². The van der Waals surface area contributed by atoms with Crippen molar-refractivity contribution in [2.75, 3.05) is 13.1 Å². The Morgan fingerprint density at radius 3 is 2.60 bits per heavy atom. The number of likely N-dealkylation sites (tertiary alicyclic amines) is 1. The number of aromatic nitrogens is 5. The van der Waals surface area contributed by atoms with E-state index in [9.17, 15) is 4.79 Å². The largest absolute Gasteiger partial charge is 0.342 e. The smallest absolute Gasteiger partial charge is 0.225 e. The maximum Gasteiger partial charge on any atom is 0.225 e. The summed E-state index contributed by atoms with van der Waals surface area (Å²) < 4.78 is 0. The molecule has 7 nitrogen and oxygen atoms in total. The number of aromatic amines is 1. The number of piperidine rings is 1. The molecule has 1 saturated heterocycles. The molecule has 0 aromatic carbocycles. The van der Waals surface area contributed by atoms with Crippen molar-refractivity contribution in [3.8, 4) is 11.5 Å². The molecule has 2 aliphatic rings. The van der Waals surface area contributed by atoms with E-state index in [0.717, 1.165) is 44.6 Å². The van der Waals surface area contributed by atoms with Crippen LogP contribution in [-0.2, 0) is 4.79 Å². The van der Waals surface area contributed by atoms with Crippen LogP contribution in [0.4, 0.5) is 0 Å². The van der Waals surface area contributed by atoms with Gasteiger partial charge in [-0.3, -0.25) is 14.9 Å². The Kier molecular flexibility index (Phi) is 4.72. The minimum absolute atomic E-state index is 0.263. The van der Waals surface area contributed by atoms with E-state index in [1.54, 1.807) is 18.6 Å². The van der Waals surface area contributed by atoms with Gasteiger partial charge in [-0.2, -0.15) is 5.10 Å². The topological polar surface area (TPSA) is 87.7 Å². The van der Waals surface area contributed by atoms with Crippen LogP contribution in [0, 0.1) is 5.92 Å². The van der Waals surface area contributed by atoms with Gasteiger partial charge in [-0.15, -0.1) is 0 Å². The first-order valence-corrected chi connectivity index (χ1v) is 9.29. The summed E-state index contributed by atoms with van der Waals surface area (Å²) in [6, 6.07) is 0. The summed E-state index contributed by atoms with van der Waals surface area (Å²) in [5.41, 5.74) is 0.676. The number of nitrogens with one attached hydrogen (secondary N) is 1. The fraction of sp³-hybridized carbons (Fsp3) is 0.611. The van der Waals surface area contributed by atoms with Gasteiger partial charge in [0.2, 0.25) is 11.7 Å². The molecule has 0 bridgehead atoms. The summed E-state index contributed by atoms with van der Waals surface area (Å²) in [6.45, 7) is 1.64. The molecule has 0 atom stereocenters. The van der Waals surface area contributed by atoms with Crippen LogP contribution in [0.5, 0.6) is 0 Å². The quantitative estimate of drug-likeness (QED) is 0.928. The first kappa shape index (κ1) is 16.2. The first-order valence-electron chi connectivity index (χ1n) is 9.29. The summed E-state index contributed by atoms with van der Waals surface area (Å²) in [5.74, 6) is 2.44. The van der Waals surface area contributed by atoms with Gasteiger partial charge in [0, 0.05) is 37.3 Å². The Labute approximate surface area is 147 Å². The molecule has 1 aliphatic carbocycles. The predicted octanol–water partition coefficient (Wildman–Crippen LogP) is 2.55. The molecule has 2 aromatic rings. The van der Waals surface area contributed by atoms with Crippen LogP contribution in [0.1, 0.15) is 56.7 Å². The molecule has 1 N–H and O–H groups in total. The Morgan fingerprint density at radius 2 is 1.88 bits per heavy atom. The third-order valence-electron chi connectivity index (χ3n) is 5.44. The van der Waals surface area contributed by atoms with Crippen molar-refractivity contribution in [3.63, 3.8) is 0 Å². The van der Waals surface area contributed by atoms with E-state index in [0.29, 0.717) is 23.3 Å². The van der Waals surface area contributed by atoms with Gasteiger partial charge < -0.3 is 4.90 Å². The lowest BCUT2D eigenvalue weighted by atomic mass is 9.87. The van der Waals surface area contributed by atoms with Crippen molar-refractivity contribution in [1.82, 2.24) is 30.0 Å². The highest BCUT2D eigenvalue weighted by Crippen LogP contribution is 2.30. The summed E-state index contributed by atoms with van der Waals surface area (Å²) in [4.78, 5) is 27.6. The second-order valence-electron chi connectivity index (χ2n) is 7.07. The summed E-state index contributed by atoms with van der Waals surface area (Å²) in [7, 11) is 0. The molecule has 0 unspecified atom stereocenters. The maximum atomic E-state index is 12.7. The van der Waals surface area contributed by atoms with Crippen molar-refractivity contribution in [3.05, 3.63) is 24.4 Å². The van der Waals surface area contributed by atoms with E-state index in [4.69, 9.17) is 0 Å². The van der Waals surface area contributed by atoms with Crippen molar-refractivity contribution >= 4 is 5.91 Å². The summed E-state index contributed by atoms with van der Waals surface area (Å²) >= 11 is 0. The van der Waals surface area contributed by atoms with Gasteiger partial charge in [0.05, 0.1) is 6.20 Å². The molecule has 25 heavy (non-hydrogen) atoms. The van der Waals surface area contributed by atoms with Crippen LogP contribution in [0.3, 0.4) is 0 Å². The fourth-order valence-electron chi connectivity index (χ4n) is 3.97. The zero-order valence-electron chi connectivity index (χ0n) is 14.4. The normalized spacial score (nSPS) is 19.9. The van der Waals surface area contributed by atoms with Crippen LogP contribution in [0.2, 0.25) is 0 Å². The third kappa shape index (κ3) is 3.55. The molecule has 0 radical (unpaired) electrons. The average Bonchev–Trinajstić information content (AvgIpc) is 3.19. The standard InChI is InChI=1S/C18H24N6O/c25-18(14-4-2-1-3-5-14)24-10-6-13(7-11-24)16-21-17(23-22-16)15-12-19-8-9-20-15/h8-9,12-14H,1-7,10-11H2,(H,21,22,23).